The minimum atomic E-state index is -4.11. The van der Waals surface area contributed by atoms with Gasteiger partial charge in [0.05, 0.1) is 17.6 Å². The van der Waals surface area contributed by atoms with Crippen LogP contribution in [0.15, 0.2) is 66.9 Å². The number of aryl methyl sites for hydroxylation is 1. The van der Waals surface area contributed by atoms with Gasteiger partial charge in [-0.2, -0.15) is 5.26 Å². The zero-order valence-corrected chi connectivity index (χ0v) is 20.3. The second-order valence-electron chi connectivity index (χ2n) is 9.28. The topological polar surface area (TPSA) is 124 Å². The third-order valence-corrected chi connectivity index (χ3v) is 9.38. The Labute approximate surface area is 204 Å². The van der Waals surface area contributed by atoms with Gasteiger partial charge in [-0.1, -0.05) is 42.5 Å². The van der Waals surface area contributed by atoms with E-state index in [4.69, 9.17) is 4.74 Å². The molecule has 9 heteroatoms. The molecule has 5 rings (SSSR count). The van der Waals surface area contributed by atoms with Gasteiger partial charge in [0.2, 0.25) is 10.0 Å². The fourth-order valence-electron chi connectivity index (χ4n) is 5.56. The van der Waals surface area contributed by atoms with E-state index in [1.165, 1.54) is 14.1 Å². The van der Waals surface area contributed by atoms with Crippen molar-refractivity contribution < 1.29 is 23.4 Å². The zero-order chi connectivity index (χ0) is 25.2. The summed E-state index contributed by atoms with van der Waals surface area (Å²) in [7, 11) is -1.32. The Balaban J connectivity index is 1.90. The summed E-state index contributed by atoms with van der Waals surface area (Å²) in [6.45, 7) is 1.83. The number of aromatic nitrogens is 1. The van der Waals surface area contributed by atoms with Crippen LogP contribution < -0.4 is 4.74 Å². The molecule has 0 amide bonds. The predicted octanol–water partition coefficient (Wildman–Crippen LogP) is 2.16. The fraction of sp³-hybridized carbons (Fsp3) is 0.308. The normalized spacial score (nSPS) is 29.3. The first-order valence-corrected chi connectivity index (χ1v) is 12.6. The van der Waals surface area contributed by atoms with E-state index in [0.29, 0.717) is 16.7 Å². The summed E-state index contributed by atoms with van der Waals surface area (Å²) in [6, 6.07) is 19.1. The maximum Gasteiger partial charge on any atom is 0.219 e. The fourth-order valence-corrected chi connectivity index (χ4v) is 7.26. The van der Waals surface area contributed by atoms with E-state index in [2.05, 4.69) is 11.1 Å². The molecule has 1 aromatic heterocycles. The number of benzene rings is 2. The van der Waals surface area contributed by atoms with Crippen LogP contribution in [0.3, 0.4) is 0 Å². The van der Waals surface area contributed by atoms with Crippen molar-refractivity contribution in [1.82, 2.24) is 9.29 Å². The average Bonchev–Trinajstić information content (AvgIpc) is 3.22. The van der Waals surface area contributed by atoms with Crippen LogP contribution in [-0.4, -0.2) is 53.4 Å². The molecule has 5 atom stereocenters. The number of nitriles is 1. The Morgan fingerprint density at radius 3 is 2.37 bits per heavy atom. The predicted molar refractivity (Wildman–Crippen MR) is 128 cm³/mol. The van der Waals surface area contributed by atoms with Gasteiger partial charge in [-0.15, -0.1) is 0 Å². The van der Waals surface area contributed by atoms with Gasteiger partial charge in [-0.3, -0.25) is 4.98 Å². The van der Waals surface area contributed by atoms with Gasteiger partial charge in [-0.25, -0.2) is 12.7 Å². The molecule has 0 saturated heterocycles. The molecule has 2 aromatic carbocycles. The molecule has 0 unspecified atom stereocenters. The molecule has 2 aliphatic rings. The maximum absolute atomic E-state index is 13.7. The Morgan fingerprint density at radius 1 is 1.11 bits per heavy atom. The average molecular weight is 492 g/mol. The smallest absolute Gasteiger partial charge is 0.219 e. The molecule has 8 nitrogen and oxygen atoms in total. The molecule has 1 aliphatic heterocycles. The number of nitrogens with zero attached hydrogens (tertiary/aromatic N) is 3. The van der Waals surface area contributed by atoms with Crippen molar-refractivity contribution in [2.45, 2.75) is 35.4 Å². The van der Waals surface area contributed by atoms with Crippen molar-refractivity contribution in [3.8, 4) is 11.8 Å². The van der Waals surface area contributed by atoms with Gasteiger partial charge in [0.25, 0.3) is 0 Å². The number of aliphatic hydroxyl groups excluding tert-OH is 1. The lowest BCUT2D eigenvalue weighted by molar-refractivity contribution is -0.150. The molecule has 1 aliphatic carbocycles. The van der Waals surface area contributed by atoms with Crippen molar-refractivity contribution >= 4 is 10.0 Å². The molecule has 0 spiro atoms. The Bertz CT molecular complexity index is 1440. The number of rotatable bonds is 4. The number of aliphatic hydroxyl groups is 2. The number of fused-ring (bicyclic) bond motifs is 3. The summed E-state index contributed by atoms with van der Waals surface area (Å²) in [5.41, 5.74) is -1.67. The van der Waals surface area contributed by atoms with Crippen molar-refractivity contribution in [3.05, 3.63) is 94.8 Å². The number of pyridine rings is 1. The first-order chi connectivity index (χ1) is 16.6. The standard InChI is InChI=1S/C26H25N3O5S/c1-16-13-20-23(28-15-16)25(31)24(30)22(35(32,33)29(2)3)21(18-7-5-4-6-8-18)26(25,34-20)19-11-9-17(14-27)10-12-19/h4-13,15,21-22,24,30-31H,1-3H3/t21-,22-,24-,25+,26+/m1/s1. The van der Waals surface area contributed by atoms with Crippen LogP contribution >= 0.6 is 0 Å². The van der Waals surface area contributed by atoms with Gasteiger partial charge in [0.15, 0.2) is 11.2 Å². The molecule has 2 heterocycles. The van der Waals surface area contributed by atoms with E-state index in [1.807, 2.05) is 6.92 Å². The van der Waals surface area contributed by atoms with E-state index >= 15 is 0 Å². The van der Waals surface area contributed by atoms with Gasteiger partial charge in [0.1, 0.15) is 22.8 Å². The molecule has 35 heavy (non-hydrogen) atoms. The number of hydrogen-bond donors (Lipinski definition) is 2. The SMILES string of the molecule is Cc1cnc2c(c1)O[C@@]1(c3ccc(C#N)cc3)[C@H](c3ccccc3)[C@@H](S(=O)(=O)N(C)C)[C@@H](O)[C@@]21O. The Morgan fingerprint density at radius 2 is 1.77 bits per heavy atom. The largest absolute Gasteiger partial charge is 0.476 e. The summed E-state index contributed by atoms with van der Waals surface area (Å²) in [6.07, 6.45) is -0.222. The minimum Gasteiger partial charge on any atom is -0.476 e. The molecule has 2 N–H and O–H groups in total. The summed E-state index contributed by atoms with van der Waals surface area (Å²) in [5.74, 6) is -0.740. The highest BCUT2D eigenvalue weighted by molar-refractivity contribution is 7.89. The molecule has 3 aromatic rings. The summed E-state index contributed by atoms with van der Waals surface area (Å²) < 4.78 is 35.0. The van der Waals surface area contributed by atoms with Gasteiger partial charge < -0.3 is 14.9 Å². The number of hydrogen-bond acceptors (Lipinski definition) is 7. The highest BCUT2D eigenvalue weighted by atomic mass is 32.2. The lowest BCUT2D eigenvalue weighted by atomic mass is 9.72. The summed E-state index contributed by atoms with van der Waals surface area (Å²) in [5, 5.41) is 32.1. The summed E-state index contributed by atoms with van der Waals surface area (Å²) >= 11 is 0. The van der Waals surface area contributed by atoms with Crippen LogP contribution in [0.5, 0.6) is 5.75 Å². The van der Waals surface area contributed by atoms with E-state index in [9.17, 15) is 23.9 Å². The second kappa shape index (κ2) is 7.86. The quantitative estimate of drug-likeness (QED) is 0.573. The van der Waals surface area contributed by atoms with E-state index in [1.54, 1.807) is 66.9 Å². The second-order valence-corrected chi connectivity index (χ2v) is 11.6. The molecule has 0 radical (unpaired) electrons. The summed E-state index contributed by atoms with van der Waals surface area (Å²) in [4.78, 5) is 4.42. The van der Waals surface area contributed by atoms with Crippen LogP contribution in [0.4, 0.5) is 0 Å². The van der Waals surface area contributed by atoms with Gasteiger partial charge >= 0.3 is 0 Å². The molecular weight excluding hydrogens is 466 g/mol. The van der Waals surface area contributed by atoms with Crippen molar-refractivity contribution in [2.24, 2.45) is 0 Å². The van der Waals surface area contributed by atoms with Crippen LogP contribution in [0, 0.1) is 18.3 Å². The van der Waals surface area contributed by atoms with Crippen molar-refractivity contribution in [3.63, 3.8) is 0 Å². The molecule has 180 valence electrons. The monoisotopic (exact) mass is 491 g/mol. The van der Waals surface area contributed by atoms with E-state index < -0.39 is 38.5 Å². The number of ether oxygens (including phenoxy) is 1. The first-order valence-electron chi connectivity index (χ1n) is 11.1. The van der Waals surface area contributed by atoms with Crippen molar-refractivity contribution in [2.75, 3.05) is 14.1 Å². The zero-order valence-electron chi connectivity index (χ0n) is 19.5. The van der Waals surface area contributed by atoms with Crippen LogP contribution in [-0.2, 0) is 21.2 Å². The maximum atomic E-state index is 13.7. The lowest BCUT2D eigenvalue weighted by Gasteiger charge is -2.40. The van der Waals surface area contributed by atoms with E-state index in [0.717, 1.165) is 9.87 Å². The Kier molecular flexibility index (Phi) is 5.27. The Hall–Kier alpha value is -3.29. The first kappa shape index (κ1) is 23.5. The van der Waals surface area contributed by atoms with Gasteiger partial charge in [-0.05, 0) is 41.8 Å². The van der Waals surface area contributed by atoms with Crippen molar-refractivity contribution in [1.29, 1.82) is 5.26 Å². The highest BCUT2D eigenvalue weighted by Gasteiger charge is 2.79. The van der Waals surface area contributed by atoms with E-state index in [-0.39, 0.29) is 11.4 Å². The molecule has 1 fully saturated rings. The highest BCUT2D eigenvalue weighted by Crippen LogP contribution is 2.67. The molecular formula is C26H25N3O5S. The van der Waals surface area contributed by atoms with Crippen LogP contribution in [0.25, 0.3) is 0 Å². The van der Waals surface area contributed by atoms with Gasteiger partial charge in [0, 0.05) is 20.3 Å². The lowest BCUT2D eigenvalue weighted by Crippen LogP contribution is -2.52. The van der Waals surface area contributed by atoms with Crippen LogP contribution in [0.2, 0.25) is 0 Å². The van der Waals surface area contributed by atoms with Crippen LogP contribution in [0.1, 0.15) is 33.9 Å². The third kappa shape index (κ3) is 3.01. The molecule has 1 saturated carbocycles. The molecule has 0 bridgehead atoms. The minimum absolute atomic E-state index is 0.0809. The third-order valence-electron chi connectivity index (χ3n) is 7.15. The number of sulfonamides is 1.